The molecule has 0 saturated carbocycles. The monoisotopic (exact) mass is 420 g/mol. The highest BCUT2D eigenvalue weighted by Gasteiger charge is 2.14. The lowest BCUT2D eigenvalue weighted by Crippen LogP contribution is -2.26. The van der Waals surface area contributed by atoms with Gasteiger partial charge < -0.3 is 5.11 Å². The van der Waals surface area contributed by atoms with Crippen LogP contribution in [-0.2, 0) is 19.5 Å². The second-order valence-corrected chi connectivity index (χ2v) is 8.54. The zero-order valence-electron chi connectivity index (χ0n) is 18.7. The van der Waals surface area contributed by atoms with E-state index in [0.717, 1.165) is 49.0 Å². The molecule has 0 bridgehead atoms. The Morgan fingerprint density at radius 1 is 1.03 bits per heavy atom. The van der Waals surface area contributed by atoms with Crippen molar-refractivity contribution < 1.29 is 9.90 Å². The second-order valence-electron chi connectivity index (χ2n) is 8.54. The molecule has 0 aliphatic heterocycles. The van der Waals surface area contributed by atoms with Crippen molar-refractivity contribution in [1.29, 1.82) is 0 Å². The average molecular weight is 421 g/mol. The molecule has 1 heterocycles. The van der Waals surface area contributed by atoms with Gasteiger partial charge in [0, 0.05) is 18.4 Å². The molecular formula is C26H32N2O3. The lowest BCUT2D eigenvalue weighted by molar-refractivity contribution is 0.0697. The Balaban J connectivity index is 1.87. The fourth-order valence-electron chi connectivity index (χ4n) is 3.92. The largest absolute Gasteiger partial charge is 0.478 e. The quantitative estimate of drug-likeness (QED) is 0.444. The predicted molar refractivity (Wildman–Crippen MR) is 125 cm³/mol. The van der Waals surface area contributed by atoms with Crippen molar-refractivity contribution in [3.05, 3.63) is 82.0 Å². The Bertz CT molecular complexity index is 1070. The Labute approximate surface area is 184 Å². The van der Waals surface area contributed by atoms with E-state index >= 15 is 0 Å². The molecule has 0 aliphatic rings. The fourth-order valence-corrected chi connectivity index (χ4v) is 3.92. The first kappa shape index (κ1) is 22.6. The highest BCUT2D eigenvalue weighted by atomic mass is 16.4. The van der Waals surface area contributed by atoms with E-state index in [1.165, 1.54) is 0 Å². The van der Waals surface area contributed by atoms with Crippen molar-refractivity contribution in [1.82, 2.24) is 9.13 Å². The van der Waals surface area contributed by atoms with Gasteiger partial charge in [0.05, 0.1) is 12.1 Å². The van der Waals surface area contributed by atoms with Gasteiger partial charge in [-0.05, 0) is 41.5 Å². The summed E-state index contributed by atoms with van der Waals surface area (Å²) in [5.41, 5.74) is 3.98. The molecule has 0 atom stereocenters. The summed E-state index contributed by atoms with van der Waals surface area (Å²) < 4.78 is 3.73. The van der Waals surface area contributed by atoms with Crippen LogP contribution in [0.15, 0.2) is 59.5 Å². The number of hydrogen-bond acceptors (Lipinski definition) is 2. The number of imidazole rings is 1. The van der Waals surface area contributed by atoms with Gasteiger partial charge in [0.15, 0.2) is 0 Å². The van der Waals surface area contributed by atoms with E-state index in [0.29, 0.717) is 18.0 Å². The van der Waals surface area contributed by atoms with Crippen LogP contribution in [0.1, 0.15) is 61.6 Å². The molecule has 3 rings (SSSR count). The van der Waals surface area contributed by atoms with Crippen molar-refractivity contribution in [3.8, 4) is 11.1 Å². The van der Waals surface area contributed by atoms with E-state index in [2.05, 4.69) is 20.8 Å². The van der Waals surface area contributed by atoms with Crippen LogP contribution in [0.3, 0.4) is 0 Å². The van der Waals surface area contributed by atoms with Gasteiger partial charge in [0.25, 0.3) is 0 Å². The van der Waals surface area contributed by atoms with Gasteiger partial charge >= 0.3 is 11.7 Å². The van der Waals surface area contributed by atoms with Crippen LogP contribution in [0.4, 0.5) is 0 Å². The summed E-state index contributed by atoms with van der Waals surface area (Å²) in [5.74, 6) is -0.471. The first-order valence-electron chi connectivity index (χ1n) is 11.1. The highest BCUT2D eigenvalue weighted by molar-refractivity contribution is 5.95. The maximum Gasteiger partial charge on any atom is 0.336 e. The Morgan fingerprint density at radius 2 is 1.74 bits per heavy atom. The third-order valence-electron chi connectivity index (χ3n) is 5.51. The minimum absolute atomic E-state index is 0.0482. The number of nitrogens with zero attached hydrogens (tertiary/aromatic N) is 2. The average Bonchev–Trinajstić information content (AvgIpc) is 3.03. The van der Waals surface area contributed by atoms with Crippen molar-refractivity contribution in [2.24, 2.45) is 5.92 Å². The summed E-state index contributed by atoms with van der Waals surface area (Å²) in [6.45, 7) is 7.77. The number of unbranched alkanes of at least 4 members (excludes halogenated alkanes) is 2. The van der Waals surface area contributed by atoms with Crippen molar-refractivity contribution in [2.45, 2.75) is 59.5 Å². The van der Waals surface area contributed by atoms with Crippen molar-refractivity contribution in [2.75, 3.05) is 0 Å². The molecule has 5 nitrogen and oxygen atoms in total. The minimum atomic E-state index is -0.936. The second kappa shape index (κ2) is 10.3. The summed E-state index contributed by atoms with van der Waals surface area (Å²) in [5, 5.41) is 9.45. The standard InChI is InChI=1S/C26H32N2O3/c1-4-5-8-15-27-18-22(16-19(2)3)28(26(27)31)17-20-11-13-21(14-12-20)23-9-6-7-10-24(23)25(29)30/h6-7,9-14,18-19H,4-5,8,15-17H2,1-3H3,(H,29,30). The van der Waals surface area contributed by atoms with E-state index in [-0.39, 0.29) is 11.3 Å². The van der Waals surface area contributed by atoms with E-state index in [1.807, 2.05) is 51.7 Å². The van der Waals surface area contributed by atoms with Crippen LogP contribution in [0.5, 0.6) is 0 Å². The number of aryl methyl sites for hydroxylation is 1. The number of carbonyl (C=O) groups is 1. The van der Waals surface area contributed by atoms with Gasteiger partial charge in [-0.25, -0.2) is 9.59 Å². The van der Waals surface area contributed by atoms with Crippen LogP contribution >= 0.6 is 0 Å². The van der Waals surface area contributed by atoms with Gasteiger partial charge in [0.1, 0.15) is 0 Å². The molecule has 1 aromatic heterocycles. The maximum atomic E-state index is 13.0. The number of carboxylic acids is 1. The molecule has 0 fully saturated rings. The third kappa shape index (κ3) is 5.54. The number of hydrogen-bond donors (Lipinski definition) is 1. The molecule has 164 valence electrons. The smallest absolute Gasteiger partial charge is 0.336 e. The van der Waals surface area contributed by atoms with Crippen LogP contribution in [0, 0.1) is 5.92 Å². The summed E-state index contributed by atoms with van der Waals surface area (Å²) in [4.78, 5) is 24.6. The van der Waals surface area contributed by atoms with Crippen LogP contribution < -0.4 is 5.69 Å². The van der Waals surface area contributed by atoms with Gasteiger partial charge in [-0.3, -0.25) is 9.13 Å². The molecule has 0 unspecified atom stereocenters. The van der Waals surface area contributed by atoms with Gasteiger partial charge in [-0.2, -0.15) is 0 Å². The third-order valence-corrected chi connectivity index (χ3v) is 5.51. The Morgan fingerprint density at radius 3 is 2.39 bits per heavy atom. The summed E-state index contributed by atoms with van der Waals surface area (Å²) in [7, 11) is 0. The number of benzene rings is 2. The van der Waals surface area contributed by atoms with Crippen LogP contribution in [0.2, 0.25) is 0 Å². The highest BCUT2D eigenvalue weighted by Crippen LogP contribution is 2.24. The number of carboxylic acid groups (broad SMARTS) is 1. The zero-order valence-corrected chi connectivity index (χ0v) is 18.7. The molecule has 3 aromatic rings. The molecule has 0 saturated heterocycles. The molecule has 5 heteroatoms. The molecular weight excluding hydrogens is 388 g/mol. The van der Waals surface area contributed by atoms with Crippen molar-refractivity contribution in [3.63, 3.8) is 0 Å². The topological polar surface area (TPSA) is 64.2 Å². The molecule has 0 amide bonds. The Hall–Kier alpha value is -3.08. The molecule has 1 N–H and O–H groups in total. The van der Waals surface area contributed by atoms with Crippen molar-refractivity contribution >= 4 is 5.97 Å². The normalized spacial score (nSPS) is 11.2. The van der Waals surface area contributed by atoms with E-state index in [9.17, 15) is 14.7 Å². The maximum absolute atomic E-state index is 13.0. The molecule has 0 spiro atoms. The minimum Gasteiger partial charge on any atom is -0.478 e. The summed E-state index contributed by atoms with van der Waals surface area (Å²) >= 11 is 0. The number of aromatic nitrogens is 2. The van der Waals surface area contributed by atoms with Crippen LogP contribution in [-0.4, -0.2) is 20.2 Å². The summed E-state index contributed by atoms with van der Waals surface area (Å²) in [6.07, 6.45) is 6.15. The van der Waals surface area contributed by atoms with E-state index in [4.69, 9.17) is 0 Å². The first-order valence-corrected chi connectivity index (χ1v) is 11.1. The SMILES string of the molecule is CCCCCn1cc(CC(C)C)n(Cc2ccc(-c3ccccc3C(=O)O)cc2)c1=O. The van der Waals surface area contributed by atoms with Gasteiger partial charge in [0.2, 0.25) is 0 Å². The fraction of sp³-hybridized carbons (Fsp3) is 0.385. The number of aromatic carboxylic acids is 1. The number of rotatable bonds is 10. The Kier molecular flexibility index (Phi) is 7.50. The molecule has 0 aliphatic carbocycles. The molecule has 0 radical (unpaired) electrons. The molecule has 2 aromatic carbocycles. The predicted octanol–water partition coefficient (Wildman–Crippen LogP) is 5.45. The summed E-state index contributed by atoms with van der Waals surface area (Å²) in [6, 6.07) is 14.8. The zero-order chi connectivity index (χ0) is 22.4. The van der Waals surface area contributed by atoms with E-state index < -0.39 is 5.97 Å². The van der Waals surface area contributed by atoms with Gasteiger partial charge in [-0.1, -0.05) is 76.1 Å². The lowest BCUT2D eigenvalue weighted by Gasteiger charge is -2.11. The van der Waals surface area contributed by atoms with Gasteiger partial charge in [-0.15, -0.1) is 0 Å². The van der Waals surface area contributed by atoms with Crippen LogP contribution in [0.25, 0.3) is 11.1 Å². The first-order chi connectivity index (χ1) is 14.9. The van der Waals surface area contributed by atoms with E-state index in [1.54, 1.807) is 12.1 Å². The molecule has 31 heavy (non-hydrogen) atoms. The lowest BCUT2D eigenvalue weighted by atomic mass is 9.98.